The summed E-state index contributed by atoms with van der Waals surface area (Å²) in [5.74, 6) is 0.819. The molecule has 0 aromatic carbocycles. The molecule has 0 radical (unpaired) electrons. The Hall–Kier alpha value is 0.690. The van der Waals surface area contributed by atoms with Gasteiger partial charge in [0.2, 0.25) is 0 Å². The molecule has 0 aromatic rings. The van der Waals surface area contributed by atoms with Crippen LogP contribution in [0.15, 0.2) is 0 Å². The lowest BCUT2D eigenvalue weighted by molar-refractivity contribution is 0.193. The maximum atomic E-state index is 10.4. The Morgan fingerprint density at radius 1 is 0.850 bits per heavy atom. The minimum absolute atomic E-state index is 0. The molecule has 7 heteroatoms. The smallest absolute Gasteiger partial charge is 0.303 e. The largest absolute Gasteiger partial charge is 0.469 e. The predicted molar refractivity (Wildman–Crippen MR) is 88.9 cm³/mol. The maximum absolute atomic E-state index is 10.4. The fourth-order valence-electron chi connectivity index (χ4n) is 1.90. The van der Waals surface area contributed by atoms with Gasteiger partial charge in [-0.25, -0.2) is 4.57 Å². The summed E-state index contributed by atoms with van der Waals surface area (Å²) in [6.45, 7) is 4.69. The van der Waals surface area contributed by atoms with Gasteiger partial charge in [-0.2, -0.15) is 0 Å². The van der Waals surface area contributed by atoms with Crippen molar-refractivity contribution in [2.75, 3.05) is 6.61 Å². The number of phosphoric acid groups is 1. The van der Waals surface area contributed by atoms with E-state index in [1.807, 2.05) is 0 Å². The van der Waals surface area contributed by atoms with Gasteiger partial charge < -0.3 is 9.79 Å². The fraction of sp³-hybridized carbons (Fsp3) is 1.00. The van der Waals surface area contributed by atoms with Crippen molar-refractivity contribution in [2.45, 2.75) is 71.6 Å². The topological polar surface area (TPSA) is 66.8 Å². The summed E-state index contributed by atoms with van der Waals surface area (Å²) in [5, 5.41) is 0. The van der Waals surface area contributed by atoms with E-state index in [9.17, 15) is 4.57 Å². The van der Waals surface area contributed by atoms with Crippen molar-refractivity contribution in [3.8, 4) is 0 Å². The molecule has 0 aromatic heterocycles. The van der Waals surface area contributed by atoms with Crippen molar-refractivity contribution in [1.29, 1.82) is 0 Å². The lowest BCUT2D eigenvalue weighted by Crippen LogP contribution is -1.92. The first-order valence-electron chi connectivity index (χ1n) is 7.12. The number of hydrogen-bond donors (Lipinski definition) is 2. The van der Waals surface area contributed by atoms with E-state index >= 15 is 0 Å². The molecule has 0 aliphatic rings. The number of halogens is 2. The summed E-state index contributed by atoms with van der Waals surface area (Å²) in [6.07, 6.45) is 10.7. The highest BCUT2D eigenvalue weighted by molar-refractivity contribution is 7.46. The van der Waals surface area contributed by atoms with E-state index in [4.69, 9.17) is 9.79 Å². The first kappa shape index (κ1) is 25.6. The molecule has 0 unspecified atom stereocenters. The highest BCUT2D eigenvalue weighted by atomic mass is 35.5. The number of hydrogen-bond acceptors (Lipinski definition) is 2. The molecule has 0 saturated heterocycles. The van der Waals surface area contributed by atoms with Crippen LogP contribution < -0.4 is 0 Å². The molecular weight excluding hydrogens is 322 g/mol. The lowest BCUT2D eigenvalue weighted by Gasteiger charge is -2.05. The van der Waals surface area contributed by atoms with Crippen LogP contribution in [0.25, 0.3) is 0 Å². The Labute approximate surface area is 136 Å². The third-order valence-electron chi connectivity index (χ3n) is 2.94. The molecular formula is C13H31Cl2O4P. The third kappa shape index (κ3) is 23.8. The second kappa shape index (κ2) is 16.1. The number of unbranched alkanes of at least 4 members (excludes halogenated alkanes) is 7. The van der Waals surface area contributed by atoms with Crippen LogP contribution in [0, 0.1) is 5.92 Å². The van der Waals surface area contributed by atoms with Crippen LogP contribution in [-0.4, -0.2) is 16.4 Å². The summed E-state index contributed by atoms with van der Waals surface area (Å²) in [5.41, 5.74) is 0. The van der Waals surface area contributed by atoms with Gasteiger partial charge in [0.1, 0.15) is 0 Å². The Morgan fingerprint density at radius 3 is 1.65 bits per heavy atom. The molecule has 0 rings (SSSR count). The van der Waals surface area contributed by atoms with Gasteiger partial charge in [-0.1, -0.05) is 65.2 Å². The van der Waals surface area contributed by atoms with Gasteiger partial charge in [0.15, 0.2) is 0 Å². The maximum Gasteiger partial charge on any atom is 0.469 e. The zero-order valence-corrected chi connectivity index (χ0v) is 15.2. The minimum atomic E-state index is -4.25. The van der Waals surface area contributed by atoms with Gasteiger partial charge in [-0.3, -0.25) is 4.52 Å². The van der Waals surface area contributed by atoms with Gasteiger partial charge in [-0.05, 0) is 12.3 Å². The normalized spacial score (nSPS) is 11.1. The van der Waals surface area contributed by atoms with E-state index in [0.29, 0.717) is 0 Å². The first-order chi connectivity index (χ1) is 8.42. The van der Waals surface area contributed by atoms with E-state index in [-0.39, 0.29) is 31.4 Å². The van der Waals surface area contributed by atoms with Crippen LogP contribution in [0.4, 0.5) is 0 Å². The van der Waals surface area contributed by atoms with E-state index in [1.165, 1.54) is 38.5 Å². The quantitative estimate of drug-likeness (QED) is 0.378. The molecule has 0 heterocycles. The standard InChI is InChI=1S/C13H29O4P.2ClH/c1-13(2)11-9-7-5-3-4-6-8-10-12-17-18(14,15)16;;/h13H,3-12H2,1-2H3,(H2,14,15,16);2*1H. The highest BCUT2D eigenvalue weighted by Gasteiger charge is 2.12. The second-order valence-electron chi connectivity index (χ2n) is 5.33. The summed E-state index contributed by atoms with van der Waals surface area (Å²) in [7, 11) is -4.25. The Kier molecular flexibility index (Phi) is 20.6. The van der Waals surface area contributed by atoms with Crippen LogP contribution in [0.3, 0.4) is 0 Å². The molecule has 0 bridgehead atoms. The van der Waals surface area contributed by atoms with Crippen LogP contribution in [0.5, 0.6) is 0 Å². The average Bonchev–Trinajstić information content (AvgIpc) is 2.24. The monoisotopic (exact) mass is 352 g/mol. The fourth-order valence-corrected chi connectivity index (χ4v) is 2.27. The Balaban J connectivity index is -0.00000144. The van der Waals surface area contributed by atoms with Crippen LogP contribution in [-0.2, 0) is 9.09 Å². The predicted octanol–water partition coefficient (Wildman–Crippen LogP) is 5.11. The van der Waals surface area contributed by atoms with Crippen molar-refractivity contribution in [3.05, 3.63) is 0 Å². The molecule has 2 N–H and O–H groups in total. The van der Waals surface area contributed by atoms with Gasteiger partial charge in [0.25, 0.3) is 0 Å². The summed E-state index contributed by atoms with van der Waals surface area (Å²) in [6, 6.07) is 0. The van der Waals surface area contributed by atoms with Crippen molar-refractivity contribution >= 4 is 32.6 Å². The van der Waals surface area contributed by atoms with Crippen molar-refractivity contribution in [1.82, 2.24) is 0 Å². The SMILES string of the molecule is CC(C)CCCCCCCCCCOP(=O)(O)O.Cl.Cl. The van der Waals surface area contributed by atoms with E-state index in [1.54, 1.807) is 0 Å². The molecule has 0 amide bonds. The Bertz CT molecular complexity index is 234. The van der Waals surface area contributed by atoms with Gasteiger partial charge in [0.05, 0.1) is 6.61 Å². The molecule has 0 atom stereocenters. The Morgan fingerprint density at radius 2 is 1.25 bits per heavy atom. The molecule has 0 saturated carbocycles. The van der Waals surface area contributed by atoms with Crippen LogP contribution in [0.1, 0.15) is 71.6 Å². The molecule has 4 nitrogen and oxygen atoms in total. The average molecular weight is 353 g/mol. The van der Waals surface area contributed by atoms with E-state index < -0.39 is 7.82 Å². The van der Waals surface area contributed by atoms with Crippen molar-refractivity contribution in [2.24, 2.45) is 5.92 Å². The summed E-state index contributed by atoms with van der Waals surface area (Å²) < 4.78 is 14.8. The second-order valence-corrected chi connectivity index (χ2v) is 6.57. The third-order valence-corrected chi connectivity index (χ3v) is 3.45. The van der Waals surface area contributed by atoms with E-state index in [0.717, 1.165) is 25.2 Å². The molecule has 0 spiro atoms. The molecule has 126 valence electrons. The molecule has 0 fully saturated rings. The van der Waals surface area contributed by atoms with Crippen LogP contribution >= 0.6 is 32.6 Å². The molecule has 20 heavy (non-hydrogen) atoms. The minimum Gasteiger partial charge on any atom is -0.303 e. The zero-order chi connectivity index (χ0) is 13.9. The highest BCUT2D eigenvalue weighted by Crippen LogP contribution is 2.35. The van der Waals surface area contributed by atoms with Gasteiger partial charge in [-0.15, -0.1) is 24.8 Å². The summed E-state index contributed by atoms with van der Waals surface area (Å²) >= 11 is 0. The first-order valence-corrected chi connectivity index (χ1v) is 8.65. The van der Waals surface area contributed by atoms with Crippen molar-refractivity contribution < 1.29 is 18.9 Å². The lowest BCUT2D eigenvalue weighted by atomic mass is 10.0. The summed E-state index contributed by atoms with van der Waals surface area (Å²) in [4.78, 5) is 16.9. The van der Waals surface area contributed by atoms with Gasteiger partial charge >= 0.3 is 7.82 Å². The zero-order valence-electron chi connectivity index (χ0n) is 12.6. The van der Waals surface area contributed by atoms with E-state index in [2.05, 4.69) is 18.4 Å². The molecule has 0 aliphatic heterocycles. The molecule has 0 aliphatic carbocycles. The van der Waals surface area contributed by atoms with Crippen LogP contribution in [0.2, 0.25) is 0 Å². The van der Waals surface area contributed by atoms with Gasteiger partial charge in [0, 0.05) is 0 Å². The van der Waals surface area contributed by atoms with Crippen molar-refractivity contribution in [3.63, 3.8) is 0 Å². The number of rotatable bonds is 12. The number of phosphoric ester groups is 1.